The Morgan fingerprint density at radius 1 is 1.16 bits per heavy atom. The number of nitrogens with zero attached hydrogens (tertiary/aromatic N) is 4. The summed E-state index contributed by atoms with van der Waals surface area (Å²) in [4.78, 5) is 39.0. The van der Waals surface area contributed by atoms with E-state index in [2.05, 4.69) is 17.1 Å². The molecule has 2 fully saturated rings. The highest BCUT2D eigenvalue weighted by Gasteiger charge is 2.33. The Kier molecular flexibility index (Phi) is 7.73. The van der Waals surface area contributed by atoms with Crippen molar-refractivity contribution in [3.63, 3.8) is 0 Å². The molecule has 32 heavy (non-hydrogen) atoms. The van der Waals surface area contributed by atoms with Gasteiger partial charge in [-0.1, -0.05) is 19.3 Å². The van der Waals surface area contributed by atoms with E-state index in [0.717, 1.165) is 55.4 Å². The molecule has 0 spiro atoms. The molecule has 1 N–H and O–H groups in total. The number of rotatable bonds is 8. The van der Waals surface area contributed by atoms with Crippen LogP contribution in [0, 0.1) is 12.8 Å². The molecule has 0 unspecified atom stereocenters. The van der Waals surface area contributed by atoms with Gasteiger partial charge in [-0.3, -0.25) is 19.4 Å². The molecule has 1 saturated carbocycles. The number of nitrogens with one attached hydrogen (secondary N) is 1. The van der Waals surface area contributed by atoms with Crippen molar-refractivity contribution >= 4 is 17.6 Å². The van der Waals surface area contributed by atoms with Crippen molar-refractivity contribution in [1.29, 1.82) is 0 Å². The van der Waals surface area contributed by atoms with E-state index in [0.29, 0.717) is 32.0 Å². The predicted molar refractivity (Wildman–Crippen MR) is 123 cm³/mol. The number of likely N-dealkylation sites (tertiary alicyclic amines) is 1. The predicted octanol–water partition coefficient (Wildman–Crippen LogP) is 2.20. The van der Waals surface area contributed by atoms with Crippen LogP contribution in [0.15, 0.2) is 0 Å². The quantitative estimate of drug-likeness (QED) is 0.620. The average Bonchev–Trinajstić information content (AvgIpc) is 3.25. The molecule has 176 valence electrons. The van der Waals surface area contributed by atoms with Crippen LogP contribution in [-0.4, -0.2) is 73.1 Å². The highest BCUT2D eigenvalue weighted by atomic mass is 16.5. The van der Waals surface area contributed by atoms with E-state index in [9.17, 15) is 9.59 Å². The van der Waals surface area contributed by atoms with Crippen molar-refractivity contribution in [2.45, 2.75) is 64.2 Å². The minimum atomic E-state index is 0.0227. The van der Waals surface area contributed by atoms with Crippen molar-refractivity contribution in [2.24, 2.45) is 5.92 Å². The molecule has 3 aliphatic rings. The lowest BCUT2D eigenvalue weighted by molar-refractivity contribution is -0.122. The Balaban J connectivity index is 1.45. The third-order valence-corrected chi connectivity index (χ3v) is 7.15. The fourth-order valence-electron chi connectivity index (χ4n) is 5.34. The number of fused-ring (bicyclic) bond motifs is 1. The van der Waals surface area contributed by atoms with Crippen LogP contribution in [0.4, 0.5) is 5.82 Å². The van der Waals surface area contributed by atoms with Crippen molar-refractivity contribution in [1.82, 2.24) is 20.2 Å². The molecule has 3 heterocycles. The molecule has 1 aliphatic carbocycles. The molecular weight excluding hydrogens is 406 g/mol. The fourth-order valence-corrected chi connectivity index (χ4v) is 5.34. The number of hydrogen-bond acceptors (Lipinski definition) is 6. The standard InChI is InChI=1S/C24H37N5O3/c1-17-20-8-9-22(31)29(14-18-6-4-3-5-7-18)24(20)27-23(26-17)19-10-12-28(15-19)16-21(30)25-11-13-32-2/h18-19H,3-16H2,1-2H3,(H,25,30)/t19-/m0/s1. The smallest absolute Gasteiger partial charge is 0.234 e. The van der Waals surface area contributed by atoms with Gasteiger partial charge in [0.25, 0.3) is 0 Å². The first-order valence-corrected chi connectivity index (χ1v) is 12.2. The third kappa shape index (κ3) is 5.46. The van der Waals surface area contributed by atoms with Gasteiger partial charge >= 0.3 is 0 Å². The molecule has 8 heteroatoms. The lowest BCUT2D eigenvalue weighted by Gasteiger charge is -2.33. The van der Waals surface area contributed by atoms with Crippen LogP contribution >= 0.6 is 0 Å². The molecule has 4 rings (SSSR count). The van der Waals surface area contributed by atoms with Crippen LogP contribution < -0.4 is 10.2 Å². The number of aromatic nitrogens is 2. The SMILES string of the molecule is COCCNC(=O)CN1CC[C@H](c2nc(C)c3c(n2)N(CC2CCCCC2)C(=O)CC3)C1. The van der Waals surface area contributed by atoms with E-state index in [1.165, 1.54) is 32.1 Å². The summed E-state index contributed by atoms with van der Waals surface area (Å²) in [5, 5.41) is 2.88. The van der Waals surface area contributed by atoms with Gasteiger partial charge in [-0.15, -0.1) is 0 Å². The molecule has 1 atom stereocenters. The van der Waals surface area contributed by atoms with Gasteiger partial charge in [0.05, 0.1) is 13.2 Å². The van der Waals surface area contributed by atoms with Crippen LogP contribution in [0.2, 0.25) is 0 Å². The summed E-state index contributed by atoms with van der Waals surface area (Å²) in [7, 11) is 1.63. The van der Waals surface area contributed by atoms with Crippen molar-refractivity contribution < 1.29 is 14.3 Å². The number of ether oxygens (including phenoxy) is 1. The topological polar surface area (TPSA) is 87.7 Å². The van der Waals surface area contributed by atoms with Gasteiger partial charge < -0.3 is 10.1 Å². The molecule has 8 nitrogen and oxygen atoms in total. The number of amides is 2. The van der Waals surface area contributed by atoms with Gasteiger partial charge in [0, 0.05) is 50.3 Å². The number of methoxy groups -OCH3 is 1. The first-order chi connectivity index (χ1) is 15.5. The minimum Gasteiger partial charge on any atom is -0.383 e. The fraction of sp³-hybridized carbons (Fsp3) is 0.750. The van der Waals surface area contributed by atoms with Gasteiger partial charge in [0.2, 0.25) is 11.8 Å². The molecule has 1 aromatic rings. The molecule has 2 aliphatic heterocycles. The Morgan fingerprint density at radius 3 is 2.75 bits per heavy atom. The monoisotopic (exact) mass is 443 g/mol. The summed E-state index contributed by atoms with van der Waals surface area (Å²) < 4.78 is 4.98. The molecular formula is C24H37N5O3. The zero-order chi connectivity index (χ0) is 22.5. The summed E-state index contributed by atoms with van der Waals surface area (Å²) in [6.07, 6.45) is 8.49. The largest absolute Gasteiger partial charge is 0.383 e. The maximum atomic E-state index is 12.9. The summed E-state index contributed by atoms with van der Waals surface area (Å²) in [5.41, 5.74) is 2.14. The van der Waals surface area contributed by atoms with Crippen LogP contribution in [0.1, 0.15) is 67.9 Å². The number of aryl methyl sites for hydroxylation is 1. The normalized spacial score (nSPS) is 22.2. The van der Waals surface area contributed by atoms with E-state index in [1.807, 2.05) is 4.90 Å². The highest BCUT2D eigenvalue weighted by molar-refractivity contribution is 5.95. The van der Waals surface area contributed by atoms with Crippen LogP contribution in [0.3, 0.4) is 0 Å². The highest BCUT2D eigenvalue weighted by Crippen LogP contribution is 2.34. The second-order valence-electron chi connectivity index (χ2n) is 9.54. The van der Waals surface area contributed by atoms with E-state index in [-0.39, 0.29) is 17.7 Å². The van der Waals surface area contributed by atoms with Crippen molar-refractivity contribution in [3.05, 3.63) is 17.1 Å². The second-order valence-corrected chi connectivity index (χ2v) is 9.54. The average molecular weight is 444 g/mol. The minimum absolute atomic E-state index is 0.0227. The third-order valence-electron chi connectivity index (χ3n) is 7.15. The van der Waals surface area contributed by atoms with Crippen molar-refractivity contribution in [2.75, 3.05) is 51.3 Å². The summed E-state index contributed by atoms with van der Waals surface area (Å²) in [5.74, 6) is 2.68. The van der Waals surface area contributed by atoms with Crippen molar-refractivity contribution in [3.8, 4) is 0 Å². The molecule has 1 aromatic heterocycles. The van der Waals surface area contributed by atoms with Gasteiger partial charge in [-0.25, -0.2) is 9.97 Å². The number of hydrogen-bond donors (Lipinski definition) is 1. The first kappa shape index (κ1) is 23.1. The second kappa shape index (κ2) is 10.7. The van der Waals surface area contributed by atoms with Crippen LogP contribution in [0.25, 0.3) is 0 Å². The van der Waals surface area contributed by atoms with Gasteiger partial charge in [-0.2, -0.15) is 0 Å². The summed E-state index contributed by atoms with van der Waals surface area (Å²) in [6.45, 7) is 5.90. The molecule has 0 bridgehead atoms. The Bertz CT molecular complexity index is 824. The van der Waals surface area contributed by atoms with E-state index in [1.54, 1.807) is 7.11 Å². The number of carbonyl (C=O) groups excluding carboxylic acids is 2. The lowest BCUT2D eigenvalue weighted by atomic mass is 9.88. The van der Waals surface area contributed by atoms with E-state index < -0.39 is 0 Å². The summed E-state index contributed by atoms with van der Waals surface area (Å²) in [6, 6.07) is 0. The Hall–Kier alpha value is -2.06. The van der Waals surface area contributed by atoms with Crippen LogP contribution in [-0.2, 0) is 20.7 Å². The first-order valence-electron chi connectivity index (χ1n) is 12.2. The Labute approximate surface area is 191 Å². The maximum Gasteiger partial charge on any atom is 0.234 e. The van der Waals surface area contributed by atoms with Gasteiger partial charge in [0.1, 0.15) is 11.6 Å². The van der Waals surface area contributed by atoms with E-state index in [4.69, 9.17) is 14.7 Å². The van der Waals surface area contributed by atoms with Gasteiger partial charge in [-0.05, 0) is 45.1 Å². The Morgan fingerprint density at radius 2 is 1.97 bits per heavy atom. The molecule has 1 saturated heterocycles. The zero-order valence-electron chi connectivity index (χ0n) is 19.6. The zero-order valence-corrected chi connectivity index (χ0v) is 19.6. The maximum absolute atomic E-state index is 12.9. The van der Waals surface area contributed by atoms with Gasteiger partial charge in [0.15, 0.2) is 0 Å². The number of carbonyl (C=O) groups is 2. The summed E-state index contributed by atoms with van der Waals surface area (Å²) >= 11 is 0. The molecule has 2 amide bonds. The van der Waals surface area contributed by atoms with Crippen LogP contribution in [0.5, 0.6) is 0 Å². The molecule has 0 aromatic carbocycles. The number of anilines is 1. The molecule has 0 radical (unpaired) electrons. The van der Waals surface area contributed by atoms with E-state index >= 15 is 0 Å². The lowest BCUT2D eigenvalue weighted by Crippen LogP contribution is -2.40.